The molecule has 1 saturated heterocycles. The van der Waals surface area contributed by atoms with Gasteiger partial charge in [-0.25, -0.2) is 0 Å². The smallest absolute Gasteiger partial charge is 0.351 e. The van der Waals surface area contributed by atoms with Gasteiger partial charge in [-0.15, -0.1) is 0 Å². The molecule has 8 heteroatoms. The van der Waals surface area contributed by atoms with Crippen molar-refractivity contribution in [1.29, 1.82) is 0 Å². The number of carbonyl (C=O) groups excluding carboxylic acids is 1. The zero-order valence-corrected chi connectivity index (χ0v) is 23.0. The third-order valence-electron chi connectivity index (χ3n) is 8.47. The number of hydrogen-bond donors (Lipinski definition) is 1. The van der Waals surface area contributed by atoms with Crippen LogP contribution in [0.15, 0.2) is 72.8 Å². The van der Waals surface area contributed by atoms with E-state index in [2.05, 4.69) is 34.5 Å². The summed E-state index contributed by atoms with van der Waals surface area (Å²) in [7, 11) is 0. The molecule has 0 aromatic heterocycles. The molecule has 5 rings (SSSR count). The molecule has 2 unspecified atom stereocenters. The molecule has 206 valence electrons. The van der Waals surface area contributed by atoms with E-state index in [9.17, 15) is 18.0 Å². The van der Waals surface area contributed by atoms with E-state index in [1.807, 2.05) is 12.1 Å². The van der Waals surface area contributed by atoms with Gasteiger partial charge in [0.25, 0.3) is 0 Å². The highest BCUT2D eigenvalue weighted by Gasteiger charge is 2.48. The lowest BCUT2D eigenvalue weighted by molar-refractivity contribution is -0.138. The molecule has 3 nitrogen and oxygen atoms in total. The molecule has 0 bridgehead atoms. The van der Waals surface area contributed by atoms with E-state index in [-0.39, 0.29) is 24.1 Å². The highest BCUT2D eigenvalue weighted by Crippen LogP contribution is 2.46. The first-order valence-electron chi connectivity index (χ1n) is 13.4. The molecule has 1 aliphatic carbocycles. The van der Waals surface area contributed by atoms with Gasteiger partial charge in [0.15, 0.2) is 0 Å². The summed E-state index contributed by atoms with van der Waals surface area (Å²) in [6, 6.07) is 21.4. The van der Waals surface area contributed by atoms with Crippen LogP contribution >= 0.6 is 23.2 Å². The Balaban J connectivity index is 1.34. The van der Waals surface area contributed by atoms with Crippen molar-refractivity contribution in [3.8, 4) is 0 Å². The van der Waals surface area contributed by atoms with E-state index in [0.29, 0.717) is 28.8 Å². The van der Waals surface area contributed by atoms with Gasteiger partial charge in [0.05, 0.1) is 21.0 Å². The van der Waals surface area contributed by atoms with Crippen LogP contribution in [-0.4, -0.2) is 29.9 Å². The lowest BCUT2D eigenvalue weighted by Crippen LogP contribution is -2.45. The maximum atomic E-state index is 13.9. The number of carbonyl (C=O) groups is 1. The summed E-state index contributed by atoms with van der Waals surface area (Å²) < 4.78 is 40.6. The number of rotatable bonds is 6. The van der Waals surface area contributed by atoms with Crippen molar-refractivity contribution in [2.75, 3.05) is 13.1 Å². The molecule has 0 radical (unpaired) electrons. The van der Waals surface area contributed by atoms with Crippen LogP contribution in [0, 0.1) is 0 Å². The number of benzene rings is 3. The first kappa shape index (κ1) is 28.0. The van der Waals surface area contributed by atoms with Crippen molar-refractivity contribution in [3.05, 3.63) is 105 Å². The number of alkyl halides is 3. The number of piperidine rings is 1. The Morgan fingerprint density at radius 3 is 2.31 bits per heavy atom. The number of halogens is 5. The summed E-state index contributed by atoms with van der Waals surface area (Å²) in [6.07, 6.45) is -0.397. The van der Waals surface area contributed by atoms with E-state index in [1.165, 1.54) is 17.7 Å². The molecule has 1 aliphatic heterocycles. The largest absolute Gasteiger partial charge is 0.416 e. The van der Waals surface area contributed by atoms with Crippen LogP contribution in [0.4, 0.5) is 13.2 Å². The number of nitrogens with zero attached hydrogens (tertiary/aromatic N) is 1. The van der Waals surface area contributed by atoms with Gasteiger partial charge in [0, 0.05) is 12.6 Å². The summed E-state index contributed by atoms with van der Waals surface area (Å²) in [5.74, 6) is 0.250. The number of amides is 1. The van der Waals surface area contributed by atoms with E-state index in [0.717, 1.165) is 44.0 Å². The van der Waals surface area contributed by atoms with Gasteiger partial charge in [0.1, 0.15) is 0 Å². The highest BCUT2D eigenvalue weighted by molar-refractivity contribution is 6.42. The number of likely N-dealkylation sites (tertiary alicyclic amines) is 1. The fourth-order valence-corrected chi connectivity index (χ4v) is 6.64. The molecule has 3 aromatic carbocycles. The molecule has 2 atom stereocenters. The zero-order valence-electron chi connectivity index (χ0n) is 21.5. The van der Waals surface area contributed by atoms with Crippen molar-refractivity contribution in [2.24, 2.45) is 0 Å². The van der Waals surface area contributed by atoms with Crippen LogP contribution in [0.3, 0.4) is 0 Å². The lowest BCUT2D eigenvalue weighted by Gasteiger charge is -2.37. The Kier molecular flexibility index (Phi) is 8.27. The first-order valence-corrected chi connectivity index (χ1v) is 14.1. The van der Waals surface area contributed by atoms with Crippen LogP contribution in [0.1, 0.15) is 60.3 Å². The van der Waals surface area contributed by atoms with Crippen LogP contribution in [0.25, 0.3) is 0 Å². The maximum absolute atomic E-state index is 13.9. The second-order valence-corrected chi connectivity index (χ2v) is 11.5. The quantitative estimate of drug-likeness (QED) is 0.323. The number of hydrogen-bond acceptors (Lipinski definition) is 2. The van der Waals surface area contributed by atoms with Crippen LogP contribution in [0.5, 0.6) is 0 Å². The minimum atomic E-state index is -4.49. The van der Waals surface area contributed by atoms with Crippen molar-refractivity contribution >= 4 is 29.1 Å². The number of nitrogens with one attached hydrogen (secondary N) is 1. The Bertz CT molecular complexity index is 1310. The molecular weight excluding hydrogens is 544 g/mol. The second-order valence-electron chi connectivity index (χ2n) is 10.7. The van der Waals surface area contributed by atoms with Gasteiger partial charge >= 0.3 is 6.18 Å². The molecular formula is C31H31Cl2F3N2O. The molecule has 2 aliphatic rings. The maximum Gasteiger partial charge on any atom is 0.416 e. The van der Waals surface area contributed by atoms with Gasteiger partial charge in [-0.1, -0.05) is 77.8 Å². The minimum Gasteiger partial charge on any atom is -0.351 e. The minimum absolute atomic E-state index is 0.0418. The van der Waals surface area contributed by atoms with Crippen LogP contribution in [0.2, 0.25) is 10.0 Å². The van der Waals surface area contributed by atoms with Gasteiger partial charge in [-0.2, -0.15) is 13.2 Å². The first-order chi connectivity index (χ1) is 18.7. The van der Waals surface area contributed by atoms with Gasteiger partial charge in [-0.05, 0) is 86.0 Å². The fourth-order valence-electron chi connectivity index (χ4n) is 6.34. The molecule has 1 N–H and O–H groups in total. The van der Waals surface area contributed by atoms with E-state index < -0.39 is 17.2 Å². The average Bonchev–Trinajstić information content (AvgIpc) is 3.40. The highest BCUT2D eigenvalue weighted by atomic mass is 35.5. The molecule has 2 fully saturated rings. The summed E-state index contributed by atoms with van der Waals surface area (Å²) in [5, 5.41) is 3.60. The normalized spacial score (nSPS) is 22.6. The third kappa shape index (κ3) is 5.98. The van der Waals surface area contributed by atoms with Crippen molar-refractivity contribution in [1.82, 2.24) is 10.2 Å². The Labute approximate surface area is 237 Å². The molecule has 0 spiro atoms. The van der Waals surface area contributed by atoms with Crippen molar-refractivity contribution < 1.29 is 18.0 Å². The topological polar surface area (TPSA) is 32.3 Å². The fraction of sp³-hybridized carbons (Fsp3) is 0.387. The predicted octanol–water partition coefficient (Wildman–Crippen LogP) is 8.00. The SMILES string of the molecule is O=C(NCc1ccccc1C(F)(F)F)C1(c2ccc(Cl)c(Cl)c2)CCC(N2CCC(c3ccccc3)CC2)C1. The van der Waals surface area contributed by atoms with Gasteiger partial charge < -0.3 is 10.2 Å². The van der Waals surface area contributed by atoms with E-state index in [1.54, 1.807) is 18.2 Å². The second kappa shape index (κ2) is 11.5. The molecule has 1 heterocycles. The van der Waals surface area contributed by atoms with Gasteiger partial charge in [0.2, 0.25) is 5.91 Å². The Morgan fingerprint density at radius 1 is 0.923 bits per heavy atom. The molecule has 3 aromatic rings. The standard InChI is InChI=1S/C31H31Cl2F3N2O/c32-27-11-10-24(18-28(27)33)30(29(39)37-20-23-8-4-5-9-26(23)31(34,35)36)15-12-25(19-30)38-16-13-22(14-17-38)21-6-2-1-3-7-21/h1-11,18,22,25H,12-17,19-20H2,(H,37,39). The van der Waals surface area contributed by atoms with E-state index >= 15 is 0 Å². The molecule has 39 heavy (non-hydrogen) atoms. The Hall–Kier alpha value is -2.54. The molecule has 1 saturated carbocycles. The van der Waals surface area contributed by atoms with Crippen LogP contribution < -0.4 is 5.32 Å². The third-order valence-corrected chi connectivity index (χ3v) is 9.21. The zero-order chi connectivity index (χ0) is 27.6. The lowest BCUT2D eigenvalue weighted by atomic mass is 9.77. The van der Waals surface area contributed by atoms with Crippen molar-refractivity contribution in [2.45, 2.75) is 62.2 Å². The summed E-state index contributed by atoms with van der Waals surface area (Å²) in [5.41, 5.74) is 0.523. The van der Waals surface area contributed by atoms with Crippen LogP contribution in [-0.2, 0) is 22.9 Å². The van der Waals surface area contributed by atoms with Gasteiger partial charge in [-0.3, -0.25) is 4.79 Å². The summed E-state index contributed by atoms with van der Waals surface area (Å²) in [4.78, 5) is 16.4. The predicted molar refractivity (Wildman–Crippen MR) is 149 cm³/mol. The average molecular weight is 576 g/mol. The summed E-state index contributed by atoms with van der Waals surface area (Å²) in [6.45, 7) is 1.69. The van der Waals surface area contributed by atoms with E-state index in [4.69, 9.17) is 23.2 Å². The monoisotopic (exact) mass is 574 g/mol. The summed E-state index contributed by atoms with van der Waals surface area (Å²) >= 11 is 12.5. The van der Waals surface area contributed by atoms with Crippen molar-refractivity contribution in [3.63, 3.8) is 0 Å². The Morgan fingerprint density at radius 2 is 1.62 bits per heavy atom. The molecule has 1 amide bonds.